The van der Waals surface area contributed by atoms with E-state index in [0.717, 1.165) is 25.8 Å². The minimum atomic E-state index is -0.341. The predicted octanol–water partition coefficient (Wildman–Crippen LogP) is 2.00. The van der Waals surface area contributed by atoms with Crippen molar-refractivity contribution >= 4 is 11.7 Å². The van der Waals surface area contributed by atoms with Gasteiger partial charge >= 0.3 is 0 Å². The van der Waals surface area contributed by atoms with Gasteiger partial charge in [-0.15, -0.1) is 0 Å². The van der Waals surface area contributed by atoms with Crippen LogP contribution in [0.3, 0.4) is 0 Å². The Morgan fingerprint density at radius 2 is 1.93 bits per heavy atom. The van der Waals surface area contributed by atoms with Gasteiger partial charge in [0.15, 0.2) is 5.78 Å². The van der Waals surface area contributed by atoms with Crippen molar-refractivity contribution in [1.82, 2.24) is 4.90 Å². The molecule has 1 heterocycles. The van der Waals surface area contributed by atoms with Crippen LogP contribution < -0.4 is 0 Å². The van der Waals surface area contributed by atoms with Gasteiger partial charge in [0.25, 0.3) is 0 Å². The molecular formula is C12H21NO2. The van der Waals surface area contributed by atoms with E-state index in [1.807, 2.05) is 20.8 Å². The van der Waals surface area contributed by atoms with Gasteiger partial charge in [0, 0.05) is 18.4 Å². The van der Waals surface area contributed by atoms with Crippen molar-refractivity contribution < 1.29 is 9.59 Å². The highest BCUT2D eigenvalue weighted by atomic mass is 16.2. The van der Waals surface area contributed by atoms with Crippen molar-refractivity contribution in [3.05, 3.63) is 0 Å². The van der Waals surface area contributed by atoms with E-state index in [1.54, 1.807) is 4.90 Å². The summed E-state index contributed by atoms with van der Waals surface area (Å²) in [5, 5.41) is 0. The number of ketones is 1. The Balaban J connectivity index is 2.56. The van der Waals surface area contributed by atoms with Gasteiger partial charge in [0.1, 0.15) is 0 Å². The molecule has 15 heavy (non-hydrogen) atoms. The lowest BCUT2D eigenvalue weighted by Crippen LogP contribution is -2.39. The average Bonchev–Trinajstić information content (AvgIpc) is 2.30. The molecule has 86 valence electrons. The Morgan fingerprint density at radius 1 is 1.27 bits per heavy atom. The van der Waals surface area contributed by atoms with E-state index in [9.17, 15) is 9.59 Å². The number of Topliss-reactive ketones (excluding diaryl/α,β-unsaturated/α-hetero) is 1. The SMILES string of the molecule is CC(C)(C)C(=O)CN1CCCCCC1=O. The summed E-state index contributed by atoms with van der Waals surface area (Å²) < 4.78 is 0. The van der Waals surface area contributed by atoms with Crippen molar-refractivity contribution in [3.63, 3.8) is 0 Å². The first kappa shape index (κ1) is 12.2. The molecule has 1 amide bonds. The molecule has 1 rings (SSSR count). The molecule has 0 unspecified atom stereocenters. The van der Waals surface area contributed by atoms with Crippen LogP contribution in [0.1, 0.15) is 46.5 Å². The van der Waals surface area contributed by atoms with E-state index >= 15 is 0 Å². The second-order valence-electron chi connectivity index (χ2n) is 5.30. The molecule has 0 aromatic rings. The lowest BCUT2D eigenvalue weighted by molar-refractivity contribution is -0.137. The van der Waals surface area contributed by atoms with Crippen molar-refractivity contribution in [2.45, 2.75) is 46.5 Å². The summed E-state index contributed by atoms with van der Waals surface area (Å²) in [5.41, 5.74) is -0.341. The van der Waals surface area contributed by atoms with Crippen LogP contribution in [0.15, 0.2) is 0 Å². The number of hydrogen-bond donors (Lipinski definition) is 0. The topological polar surface area (TPSA) is 37.4 Å². The monoisotopic (exact) mass is 211 g/mol. The Hall–Kier alpha value is -0.860. The van der Waals surface area contributed by atoms with E-state index in [4.69, 9.17) is 0 Å². The van der Waals surface area contributed by atoms with E-state index < -0.39 is 0 Å². The van der Waals surface area contributed by atoms with Gasteiger partial charge in [-0.25, -0.2) is 0 Å². The third-order valence-corrected chi connectivity index (χ3v) is 2.84. The number of hydrogen-bond acceptors (Lipinski definition) is 2. The molecule has 0 aliphatic carbocycles. The number of rotatable bonds is 2. The third-order valence-electron chi connectivity index (χ3n) is 2.84. The van der Waals surface area contributed by atoms with Crippen LogP contribution in [-0.4, -0.2) is 29.7 Å². The zero-order chi connectivity index (χ0) is 11.5. The lowest BCUT2D eigenvalue weighted by Gasteiger charge is -2.24. The molecule has 1 saturated heterocycles. The standard InChI is InChI=1S/C12H21NO2/c1-12(2,3)10(14)9-13-8-6-4-5-7-11(13)15/h4-9H2,1-3H3. The Kier molecular flexibility index (Phi) is 3.89. The highest BCUT2D eigenvalue weighted by Crippen LogP contribution is 2.17. The fourth-order valence-electron chi connectivity index (χ4n) is 1.62. The van der Waals surface area contributed by atoms with Crippen molar-refractivity contribution in [2.24, 2.45) is 5.41 Å². The van der Waals surface area contributed by atoms with Crippen LogP contribution in [0.4, 0.5) is 0 Å². The summed E-state index contributed by atoms with van der Waals surface area (Å²) in [7, 11) is 0. The van der Waals surface area contributed by atoms with Crippen LogP contribution in [0, 0.1) is 5.41 Å². The van der Waals surface area contributed by atoms with E-state index in [1.165, 1.54) is 0 Å². The summed E-state index contributed by atoms with van der Waals surface area (Å²) in [6.45, 7) is 6.75. The first-order chi connectivity index (χ1) is 6.91. The van der Waals surface area contributed by atoms with Gasteiger partial charge in [-0.2, -0.15) is 0 Å². The van der Waals surface area contributed by atoms with Gasteiger partial charge in [-0.05, 0) is 12.8 Å². The number of carbonyl (C=O) groups excluding carboxylic acids is 2. The van der Waals surface area contributed by atoms with Crippen LogP contribution in [0.25, 0.3) is 0 Å². The number of carbonyl (C=O) groups is 2. The Bertz CT molecular complexity index is 253. The van der Waals surface area contributed by atoms with Crippen LogP contribution in [-0.2, 0) is 9.59 Å². The minimum absolute atomic E-state index is 0.144. The summed E-state index contributed by atoms with van der Waals surface area (Å²) in [6.07, 6.45) is 3.71. The van der Waals surface area contributed by atoms with Crippen LogP contribution >= 0.6 is 0 Å². The fraction of sp³-hybridized carbons (Fsp3) is 0.833. The largest absolute Gasteiger partial charge is 0.335 e. The van der Waals surface area contributed by atoms with E-state index in [0.29, 0.717) is 13.0 Å². The lowest BCUT2D eigenvalue weighted by atomic mass is 9.90. The van der Waals surface area contributed by atoms with Gasteiger partial charge in [0.2, 0.25) is 5.91 Å². The van der Waals surface area contributed by atoms with Gasteiger partial charge in [-0.1, -0.05) is 27.2 Å². The molecule has 1 aliphatic rings. The molecule has 0 bridgehead atoms. The van der Waals surface area contributed by atoms with Crippen LogP contribution in [0.5, 0.6) is 0 Å². The minimum Gasteiger partial charge on any atom is -0.335 e. The summed E-state index contributed by atoms with van der Waals surface area (Å²) in [4.78, 5) is 25.2. The summed E-state index contributed by atoms with van der Waals surface area (Å²) >= 11 is 0. The maximum absolute atomic E-state index is 11.8. The molecule has 3 nitrogen and oxygen atoms in total. The first-order valence-electron chi connectivity index (χ1n) is 5.72. The Morgan fingerprint density at radius 3 is 2.53 bits per heavy atom. The maximum atomic E-state index is 11.8. The van der Waals surface area contributed by atoms with Crippen molar-refractivity contribution in [3.8, 4) is 0 Å². The molecule has 0 radical (unpaired) electrons. The summed E-state index contributed by atoms with van der Waals surface area (Å²) in [6, 6.07) is 0. The van der Waals surface area contributed by atoms with Crippen molar-refractivity contribution in [1.29, 1.82) is 0 Å². The van der Waals surface area contributed by atoms with Gasteiger partial charge < -0.3 is 4.90 Å². The molecule has 0 atom stereocenters. The molecule has 0 N–H and O–H groups in total. The van der Waals surface area contributed by atoms with E-state index in [-0.39, 0.29) is 17.1 Å². The molecule has 0 aromatic heterocycles. The zero-order valence-electron chi connectivity index (χ0n) is 10.0. The van der Waals surface area contributed by atoms with Crippen molar-refractivity contribution in [2.75, 3.05) is 13.1 Å². The van der Waals surface area contributed by atoms with Gasteiger partial charge in [0.05, 0.1) is 6.54 Å². The fourth-order valence-corrected chi connectivity index (χ4v) is 1.62. The van der Waals surface area contributed by atoms with Gasteiger partial charge in [-0.3, -0.25) is 9.59 Å². The molecule has 0 saturated carbocycles. The maximum Gasteiger partial charge on any atom is 0.222 e. The summed E-state index contributed by atoms with van der Waals surface area (Å²) in [5.74, 6) is 0.294. The van der Waals surface area contributed by atoms with E-state index in [2.05, 4.69) is 0 Å². The average molecular weight is 211 g/mol. The molecular weight excluding hydrogens is 190 g/mol. The molecule has 1 aliphatic heterocycles. The molecule has 0 spiro atoms. The number of likely N-dealkylation sites (tertiary alicyclic amines) is 1. The zero-order valence-corrected chi connectivity index (χ0v) is 10.0. The molecule has 0 aromatic carbocycles. The first-order valence-corrected chi connectivity index (χ1v) is 5.72. The second kappa shape index (κ2) is 4.77. The quantitative estimate of drug-likeness (QED) is 0.700. The normalized spacial score (nSPS) is 18.9. The molecule has 3 heteroatoms. The predicted molar refractivity (Wildman–Crippen MR) is 59.5 cm³/mol. The number of nitrogens with zero attached hydrogens (tertiary/aromatic N) is 1. The number of amides is 1. The highest BCUT2D eigenvalue weighted by molar-refractivity contribution is 5.89. The Labute approximate surface area is 91.8 Å². The smallest absolute Gasteiger partial charge is 0.222 e. The molecule has 1 fully saturated rings. The van der Waals surface area contributed by atoms with Crippen LogP contribution in [0.2, 0.25) is 0 Å². The third kappa shape index (κ3) is 3.65. The second-order valence-corrected chi connectivity index (χ2v) is 5.30. The highest BCUT2D eigenvalue weighted by Gasteiger charge is 2.26.